The first-order valence-corrected chi connectivity index (χ1v) is 4.80. The molecule has 0 spiro atoms. The minimum Gasteiger partial charge on any atom is -0.486 e. The summed E-state index contributed by atoms with van der Waals surface area (Å²) in [5.74, 6) is -0.446. The number of benzene rings is 1. The summed E-state index contributed by atoms with van der Waals surface area (Å²) in [4.78, 5) is 21.7. The number of ether oxygens (including phenoxy) is 3. The van der Waals surface area contributed by atoms with E-state index in [1.54, 1.807) is 0 Å². The van der Waals surface area contributed by atoms with Crippen LogP contribution in [0.3, 0.4) is 0 Å². The zero-order chi connectivity index (χ0) is 12.4. The zero-order valence-corrected chi connectivity index (χ0v) is 8.97. The fourth-order valence-electron chi connectivity index (χ4n) is 1.56. The van der Waals surface area contributed by atoms with E-state index >= 15 is 0 Å². The van der Waals surface area contributed by atoms with Crippen molar-refractivity contribution in [2.45, 2.75) is 0 Å². The van der Waals surface area contributed by atoms with Gasteiger partial charge in [0, 0.05) is 6.07 Å². The van der Waals surface area contributed by atoms with Gasteiger partial charge in [0.25, 0.3) is 5.69 Å². The van der Waals surface area contributed by atoms with Crippen molar-refractivity contribution in [1.29, 1.82) is 0 Å². The number of carbonyl (C=O) groups is 1. The number of rotatable bonds is 2. The van der Waals surface area contributed by atoms with E-state index in [2.05, 4.69) is 4.74 Å². The molecule has 2 rings (SSSR count). The Hall–Kier alpha value is -2.31. The Kier molecular flexibility index (Phi) is 2.82. The molecule has 0 amide bonds. The van der Waals surface area contributed by atoms with Crippen LogP contribution in [0.5, 0.6) is 11.5 Å². The third kappa shape index (κ3) is 1.86. The van der Waals surface area contributed by atoms with Gasteiger partial charge < -0.3 is 14.2 Å². The summed E-state index contributed by atoms with van der Waals surface area (Å²) in [7, 11) is 1.15. The smallest absolute Gasteiger partial charge is 0.348 e. The van der Waals surface area contributed by atoms with Crippen LogP contribution < -0.4 is 9.47 Å². The van der Waals surface area contributed by atoms with Crippen molar-refractivity contribution in [3.63, 3.8) is 0 Å². The summed E-state index contributed by atoms with van der Waals surface area (Å²) in [6, 6.07) is 2.60. The van der Waals surface area contributed by atoms with Gasteiger partial charge in [-0.2, -0.15) is 0 Å². The first kappa shape index (κ1) is 11.2. The number of carbonyl (C=O) groups excluding carboxylic acids is 1. The van der Waals surface area contributed by atoms with Crippen LogP contribution in [0.4, 0.5) is 5.69 Å². The molecule has 0 radical (unpaired) electrons. The fourth-order valence-corrected chi connectivity index (χ4v) is 1.56. The maximum Gasteiger partial charge on any atom is 0.348 e. The van der Waals surface area contributed by atoms with E-state index in [0.29, 0.717) is 12.4 Å². The molecule has 7 nitrogen and oxygen atoms in total. The molecule has 7 heteroatoms. The average Bonchev–Trinajstić information content (AvgIpc) is 2.36. The number of fused-ring (bicyclic) bond motifs is 1. The second-order valence-corrected chi connectivity index (χ2v) is 3.23. The van der Waals surface area contributed by atoms with E-state index < -0.39 is 10.9 Å². The third-order valence-corrected chi connectivity index (χ3v) is 2.27. The minimum atomic E-state index is -0.820. The first-order valence-electron chi connectivity index (χ1n) is 4.80. The third-order valence-electron chi connectivity index (χ3n) is 2.27. The lowest BCUT2D eigenvalue weighted by Gasteiger charge is -2.19. The molecule has 17 heavy (non-hydrogen) atoms. The van der Waals surface area contributed by atoms with E-state index in [4.69, 9.17) is 9.47 Å². The highest BCUT2D eigenvalue weighted by Crippen LogP contribution is 2.39. The summed E-state index contributed by atoms with van der Waals surface area (Å²) in [6.45, 7) is 0.573. The van der Waals surface area contributed by atoms with Gasteiger partial charge in [-0.15, -0.1) is 0 Å². The van der Waals surface area contributed by atoms with E-state index in [0.717, 1.165) is 7.11 Å². The highest BCUT2D eigenvalue weighted by molar-refractivity contribution is 5.98. The highest BCUT2D eigenvalue weighted by atomic mass is 16.6. The molecule has 0 bridgehead atoms. The summed E-state index contributed by atoms with van der Waals surface area (Å²) in [6.07, 6.45) is 0. The molecule has 0 aromatic heterocycles. The quantitative estimate of drug-likeness (QED) is 0.437. The van der Waals surface area contributed by atoms with Gasteiger partial charge in [0.2, 0.25) is 0 Å². The van der Waals surface area contributed by atoms with Crippen LogP contribution in [0, 0.1) is 10.1 Å². The van der Waals surface area contributed by atoms with Gasteiger partial charge in [0.05, 0.1) is 12.0 Å². The highest BCUT2D eigenvalue weighted by Gasteiger charge is 2.30. The molecule has 1 heterocycles. The molecule has 90 valence electrons. The van der Waals surface area contributed by atoms with Crippen LogP contribution in [0.25, 0.3) is 0 Å². The van der Waals surface area contributed by atoms with Gasteiger partial charge >= 0.3 is 5.97 Å². The monoisotopic (exact) mass is 239 g/mol. The van der Waals surface area contributed by atoms with Gasteiger partial charge in [-0.25, -0.2) is 4.79 Å². The number of nitro groups is 1. The molecule has 1 aromatic rings. The molecule has 0 saturated carbocycles. The molecule has 1 aromatic carbocycles. The number of hydrogen-bond donors (Lipinski definition) is 0. The Morgan fingerprint density at radius 1 is 1.41 bits per heavy atom. The van der Waals surface area contributed by atoms with Crippen molar-refractivity contribution in [2.24, 2.45) is 0 Å². The maximum absolute atomic E-state index is 11.5. The molecular weight excluding hydrogens is 230 g/mol. The molecule has 0 atom stereocenters. The van der Waals surface area contributed by atoms with Crippen molar-refractivity contribution in [1.82, 2.24) is 0 Å². The largest absolute Gasteiger partial charge is 0.486 e. The summed E-state index contributed by atoms with van der Waals surface area (Å²) in [5, 5.41) is 10.8. The van der Waals surface area contributed by atoms with Crippen molar-refractivity contribution in [3.05, 3.63) is 27.8 Å². The van der Waals surface area contributed by atoms with E-state index in [9.17, 15) is 14.9 Å². The van der Waals surface area contributed by atoms with Gasteiger partial charge in [-0.3, -0.25) is 10.1 Å². The number of hydrogen-bond acceptors (Lipinski definition) is 6. The van der Waals surface area contributed by atoms with E-state index in [-0.39, 0.29) is 23.6 Å². The molecule has 1 aliphatic heterocycles. The second kappa shape index (κ2) is 4.28. The number of esters is 1. The van der Waals surface area contributed by atoms with Gasteiger partial charge in [0.15, 0.2) is 17.1 Å². The first-order chi connectivity index (χ1) is 8.15. The zero-order valence-electron chi connectivity index (χ0n) is 8.97. The molecule has 0 fully saturated rings. The number of methoxy groups -OCH3 is 1. The molecule has 0 N–H and O–H groups in total. The maximum atomic E-state index is 11.5. The fraction of sp³-hybridized carbons (Fsp3) is 0.300. The lowest BCUT2D eigenvalue weighted by Crippen LogP contribution is -2.19. The van der Waals surface area contributed by atoms with Crippen LogP contribution in [0.1, 0.15) is 10.4 Å². The predicted octanol–water partition coefficient (Wildman–Crippen LogP) is 1.15. The van der Waals surface area contributed by atoms with Crippen LogP contribution in [0.2, 0.25) is 0 Å². The number of nitrogens with zero attached hydrogens (tertiary/aromatic N) is 1. The van der Waals surface area contributed by atoms with Gasteiger partial charge in [-0.05, 0) is 6.07 Å². The van der Waals surface area contributed by atoms with Crippen LogP contribution >= 0.6 is 0 Å². The molecule has 0 unspecified atom stereocenters. The van der Waals surface area contributed by atoms with E-state index in [1.807, 2.05) is 0 Å². The SMILES string of the molecule is COC(=O)c1c([N+](=O)[O-])ccc2c1OCCO2. The normalized spacial score (nSPS) is 13.0. The Bertz CT molecular complexity index is 484. The molecular formula is C10H9NO6. The van der Waals surface area contributed by atoms with Crippen molar-refractivity contribution in [3.8, 4) is 11.5 Å². The predicted molar refractivity (Wildman–Crippen MR) is 55.4 cm³/mol. The van der Waals surface area contributed by atoms with Crippen LogP contribution in [-0.4, -0.2) is 31.2 Å². The Labute approximate surface area is 96.0 Å². The Balaban J connectivity index is 2.63. The minimum absolute atomic E-state index is 0.0669. The standard InChI is InChI=1S/C10H9NO6/c1-15-10(12)8-6(11(13)14)2-3-7-9(8)17-5-4-16-7/h2-3H,4-5H2,1H3. The lowest BCUT2D eigenvalue weighted by molar-refractivity contribution is -0.385. The summed E-state index contributed by atoms with van der Waals surface area (Å²) in [5.41, 5.74) is -0.573. The summed E-state index contributed by atoms with van der Waals surface area (Å²) >= 11 is 0. The Morgan fingerprint density at radius 2 is 2.12 bits per heavy atom. The average molecular weight is 239 g/mol. The van der Waals surface area contributed by atoms with Crippen LogP contribution in [0.15, 0.2) is 12.1 Å². The van der Waals surface area contributed by atoms with E-state index in [1.165, 1.54) is 12.1 Å². The van der Waals surface area contributed by atoms with Crippen molar-refractivity contribution >= 4 is 11.7 Å². The second-order valence-electron chi connectivity index (χ2n) is 3.23. The molecule has 0 aliphatic carbocycles. The Morgan fingerprint density at radius 3 is 2.76 bits per heavy atom. The van der Waals surface area contributed by atoms with Crippen molar-refractivity contribution in [2.75, 3.05) is 20.3 Å². The molecule has 0 saturated heterocycles. The topological polar surface area (TPSA) is 87.9 Å². The van der Waals surface area contributed by atoms with Gasteiger partial charge in [0.1, 0.15) is 13.2 Å². The number of nitro benzene ring substituents is 1. The summed E-state index contributed by atoms with van der Waals surface area (Å²) < 4.78 is 15.0. The lowest BCUT2D eigenvalue weighted by atomic mass is 10.1. The van der Waals surface area contributed by atoms with Crippen LogP contribution in [-0.2, 0) is 4.74 Å². The van der Waals surface area contributed by atoms with Gasteiger partial charge in [-0.1, -0.05) is 0 Å². The molecule has 1 aliphatic rings. The van der Waals surface area contributed by atoms with Crippen molar-refractivity contribution < 1.29 is 23.9 Å².